The van der Waals surface area contributed by atoms with E-state index in [1.165, 1.54) is 0 Å². The van der Waals surface area contributed by atoms with Crippen LogP contribution in [0.2, 0.25) is 0 Å². The fraction of sp³-hybridized carbons (Fsp3) is 0.259. The minimum Gasteiger partial charge on any atom is -0.311 e. The zero-order chi connectivity index (χ0) is 22.8. The maximum Gasteiger partial charge on any atom is 0.247 e. The number of nitrogens with zero attached hydrogens (tertiary/aromatic N) is 3. The Bertz CT molecular complexity index is 1250. The lowest BCUT2D eigenvalue weighted by Gasteiger charge is -2.21. The highest BCUT2D eigenvalue weighted by atomic mass is 16.2. The van der Waals surface area contributed by atoms with Gasteiger partial charge in [-0.2, -0.15) is 5.26 Å². The van der Waals surface area contributed by atoms with Crippen molar-refractivity contribution in [3.8, 4) is 17.2 Å². The minimum absolute atomic E-state index is 0.132. The zero-order valence-electron chi connectivity index (χ0n) is 18.2. The summed E-state index contributed by atoms with van der Waals surface area (Å²) in [5.41, 5.74) is 2.77. The van der Waals surface area contributed by atoms with E-state index >= 15 is 0 Å². The molecule has 6 heteroatoms. The molecule has 0 radical (unpaired) electrons. The molecule has 0 unspecified atom stereocenters. The molecule has 164 valence electrons. The van der Waals surface area contributed by atoms with Crippen LogP contribution in [0, 0.1) is 22.7 Å². The molecule has 0 bridgehead atoms. The van der Waals surface area contributed by atoms with E-state index in [1.54, 1.807) is 23.2 Å². The molecule has 1 aliphatic heterocycles. The number of hydrogen-bond donors (Lipinski definition) is 1. The van der Waals surface area contributed by atoms with Crippen LogP contribution in [0.15, 0.2) is 72.9 Å². The van der Waals surface area contributed by atoms with Gasteiger partial charge in [0.15, 0.2) is 0 Å². The first-order valence-corrected chi connectivity index (χ1v) is 11.2. The predicted molar refractivity (Wildman–Crippen MR) is 126 cm³/mol. The normalized spacial score (nSPS) is 19.8. The average molecular weight is 437 g/mol. The first kappa shape index (κ1) is 20.9. The molecular formula is C27H24N4O2. The first-order valence-electron chi connectivity index (χ1n) is 11.2. The summed E-state index contributed by atoms with van der Waals surface area (Å²) in [4.78, 5) is 31.8. The quantitative estimate of drug-likeness (QED) is 0.613. The molecule has 1 saturated heterocycles. The second kappa shape index (κ2) is 8.51. The molecule has 2 aromatic carbocycles. The van der Waals surface area contributed by atoms with E-state index in [1.807, 2.05) is 54.6 Å². The average Bonchev–Trinajstić information content (AvgIpc) is 3.64. The number of nitrogens with one attached hydrogen (secondary N) is 1. The standard InChI is InChI=1S/C27H24N4O2/c28-18-27(21-10-11-21)13-15-31(26(27)33)22-12-14-29-24(17-22)30-25(32)16-20-8-4-5-9-23(20)19-6-2-1-3-7-19/h1-9,12,14,17,21H,10-11,13,15-16H2,(H,29,30,32)/t27-/m1/s1. The highest BCUT2D eigenvalue weighted by molar-refractivity contribution is 6.02. The van der Waals surface area contributed by atoms with Crippen LogP contribution >= 0.6 is 0 Å². The Kier molecular flexibility index (Phi) is 5.39. The van der Waals surface area contributed by atoms with Crippen LogP contribution in [0.1, 0.15) is 24.8 Å². The second-order valence-electron chi connectivity index (χ2n) is 8.71. The molecule has 3 aromatic rings. The van der Waals surface area contributed by atoms with E-state index in [-0.39, 0.29) is 24.2 Å². The third-order valence-corrected chi connectivity index (χ3v) is 6.61. The van der Waals surface area contributed by atoms with E-state index in [9.17, 15) is 14.9 Å². The summed E-state index contributed by atoms with van der Waals surface area (Å²) in [6, 6.07) is 23.6. The number of pyridine rings is 1. The Morgan fingerprint density at radius 1 is 1.12 bits per heavy atom. The summed E-state index contributed by atoms with van der Waals surface area (Å²) in [7, 11) is 0. The molecule has 2 aliphatic rings. The number of anilines is 2. The summed E-state index contributed by atoms with van der Waals surface area (Å²) < 4.78 is 0. The number of hydrogen-bond acceptors (Lipinski definition) is 4. The summed E-state index contributed by atoms with van der Waals surface area (Å²) in [5, 5.41) is 12.6. The molecule has 6 nitrogen and oxygen atoms in total. The van der Waals surface area contributed by atoms with Crippen molar-refractivity contribution in [3.63, 3.8) is 0 Å². The van der Waals surface area contributed by atoms with Crippen molar-refractivity contribution in [1.29, 1.82) is 5.26 Å². The van der Waals surface area contributed by atoms with Crippen molar-refractivity contribution in [3.05, 3.63) is 78.5 Å². The lowest BCUT2D eigenvalue weighted by atomic mass is 9.83. The molecule has 1 aromatic heterocycles. The number of aromatic nitrogens is 1. The molecule has 0 spiro atoms. The van der Waals surface area contributed by atoms with Crippen molar-refractivity contribution < 1.29 is 9.59 Å². The van der Waals surface area contributed by atoms with E-state index in [0.29, 0.717) is 24.5 Å². The van der Waals surface area contributed by atoms with Gasteiger partial charge in [-0.1, -0.05) is 54.6 Å². The van der Waals surface area contributed by atoms with Gasteiger partial charge in [0, 0.05) is 24.5 Å². The van der Waals surface area contributed by atoms with E-state index in [2.05, 4.69) is 16.4 Å². The van der Waals surface area contributed by atoms with Crippen LogP contribution in [-0.4, -0.2) is 23.3 Å². The van der Waals surface area contributed by atoms with E-state index < -0.39 is 5.41 Å². The number of nitriles is 1. The maximum atomic E-state index is 13.1. The Morgan fingerprint density at radius 2 is 1.88 bits per heavy atom. The Labute approximate surface area is 192 Å². The SMILES string of the molecule is N#C[C@@]1(C2CC2)CCN(c2ccnc(NC(=O)Cc3ccccc3-c3ccccc3)c2)C1=O. The van der Waals surface area contributed by atoms with Gasteiger partial charge in [0.1, 0.15) is 11.2 Å². The van der Waals surface area contributed by atoms with Gasteiger partial charge in [0.05, 0.1) is 12.5 Å². The van der Waals surface area contributed by atoms with Crippen LogP contribution < -0.4 is 10.2 Å². The van der Waals surface area contributed by atoms with Crippen LogP contribution in [0.25, 0.3) is 11.1 Å². The number of rotatable bonds is 6. The van der Waals surface area contributed by atoms with E-state index in [4.69, 9.17) is 0 Å². The van der Waals surface area contributed by atoms with Crippen LogP contribution in [0.5, 0.6) is 0 Å². The molecule has 5 rings (SSSR count). The van der Waals surface area contributed by atoms with Crippen molar-refractivity contribution >= 4 is 23.3 Å². The maximum absolute atomic E-state index is 13.1. The molecular weight excluding hydrogens is 412 g/mol. The predicted octanol–water partition coefficient (Wildman–Crippen LogP) is 4.59. The summed E-state index contributed by atoms with van der Waals surface area (Å²) >= 11 is 0. The lowest BCUT2D eigenvalue weighted by Crippen LogP contribution is -2.35. The van der Waals surface area contributed by atoms with Gasteiger partial charge < -0.3 is 10.2 Å². The van der Waals surface area contributed by atoms with Gasteiger partial charge in [-0.15, -0.1) is 0 Å². The van der Waals surface area contributed by atoms with Gasteiger partial charge >= 0.3 is 0 Å². The number of benzene rings is 2. The van der Waals surface area contributed by atoms with Gasteiger partial charge in [-0.3, -0.25) is 9.59 Å². The summed E-state index contributed by atoms with van der Waals surface area (Å²) in [5.74, 6) is 0.252. The van der Waals surface area contributed by atoms with Crippen molar-refractivity contribution in [1.82, 2.24) is 4.98 Å². The molecule has 33 heavy (non-hydrogen) atoms. The van der Waals surface area contributed by atoms with Crippen LogP contribution in [0.3, 0.4) is 0 Å². The molecule has 1 atom stereocenters. The van der Waals surface area contributed by atoms with Gasteiger partial charge in [0.25, 0.3) is 0 Å². The van der Waals surface area contributed by atoms with Crippen molar-refractivity contribution in [2.45, 2.75) is 25.7 Å². The van der Waals surface area contributed by atoms with Gasteiger partial charge in [-0.05, 0) is 47.9 Å². The van der Waals surface area contributed by atoms with Crippen LogP contribution in [0.4, 0.5) is 11.5 Å². The number of carbonyl (C=O) groups is 2. The number of amides is 2. The largest absolute Gasteiger partial charge is 0.311 e. The van der Waals surface area contributed by atoms with Crippen molar-refractivity contribution in [2.75, 3.05) is 16.8 Å². The molecule has 2 amide bonds. The molecule has 1 saturated carbocycles. The number of carbonyl (C=O) groups excluding carboxylic acids is 2. The first-order chi connectivity index (χ1) is 16.1. The highest BCUT2D eigenvalue weighted by Crippen LogP contribution is 2.51. The second-order valence-corrected chi connectivity index (χ2v) is 8.71. The monoisotopic (exact) mass is 436 g/mol. The van der Waals surface area contributed by atoms with Crippen molar-refractivity contribution in [2.24, 2.45) is 11.3 Å². The molecule has 1 aliphatic carbocycles. The Balaban J connectivity index is 1.31. The Morgan fingerprint density at radius 3 is 2.64 bits per heavy atom. The minimum atomic E-state index is -0.895. The fourth-order valence-corrected chi connectivity index (χ4v) is 4.72. The van der Waals surface area contributed by atoms with Gasteiger partial charge in [0.2, 0.25) is 11.8 Å². The molecule has 2 fully saturated rings. The van der Waals surface area contributed by atoms with Gasteiger partial charge in [-0.25, -0.2) is 4.98 Å². The highest BCUT2D eigenvalue weighted by Gasteiger charge is 2.56. The van der Waals surface area contributed by atoms with E-state index in [0.717, 1.165) is 29.5 Å². The topological polar surface area (TPSA) is 86.1 Å². The van der Waals surface area contributed by atoms with Crippen LogP contribution in [-0.2, 0) is 16.0 Å². The lowest BCUT2D eigenvalue weighted by molar-refractivity contribution is -0.123. The fourth-order valence-electron chi connectivity index (χ4n) is 4.72. The third-order valence-electron chi connectivity index (χ3n) is 6.61. The Hall–Kier alpha value is -3.98. The molecule has 1 N–H and O–H groups in total. The third kappa shape index (κ3) is 3.98. The summed E-state index contributed by atoms with van der Waals surface area (Å²) in [6.45, 7) is 0.505. The molecule has 2 heterocycles. The smallest absolute Gasteiger partial charge is 0.247 e. The zero-order valence-corrected chi connectivity index (χ0v) is 18.2. The summed E-state index contributed by atoms with van der Waals surface area (Å²) in [6.07, 6.45) is 4.22.